The van der Waals surface area contributed by atoms with Crippen molar-refractivity contribution in [3.8, 4) is 0 Å². The molecule has 0 aromatic heterocycles. The Bertz CT molecular complexity index is 734. The van der Waals surface area contributed by atoms with E-state index in [4.69, 9.17) is 24.3 Å². The molecule has 1 rings (SSSR count). The normalized spacial score (nSPS) is 14.2. The molecule has 0 fully saturated rings. The Labute approximate surface area is 166 Å². The summed E-state index contributed by atoms with van der Waals surface area (Å²) >= 11 is 0. The van der Waals surface area contributed by atoms with Crippen LogP contribution in [0.15, 0.2) is 24.3 Å². The van der Waals surface area contributed by atoms with Crippen LogP contribution in [0.1, 0.15) is 47.1 Å². The van der Waals surface area contributed by atoms with Crippen LogP contribution in [0.25, 0.3) is 0 Å². The molecule has 1 atom stereocenters. The zero-order valence-corrected chi connectivity index (χ0v) is 18.2. The third-order valence-corrected chi connectivity index (χ3v) is 5.64. The Balaban J connectivity index is 3.53. The molecular formula is C19H30NO7P. The highest BCUT2D eigenvalue weighted by Gasteiger charge is 2.49. The Morgan fingerprint density at radius 1 is 1.00 bits per heavy atom. The number of nitrogens with two attached hydrogens (primary N) is 1. The Kier molecular flexibility index (Phi) is 8.38. The molecule has 1 unspecified atom stereocenters. The summed E-state index contributed by atoms with van der Waals surface area (Å²) in [5, 5.41) is 0.177. The molecule has 0 bridgehead atoms. The van der Waals surface area contributed by atoms with Crippen LogP contribution >= 0.6 is 7.60 Å². The number of hydrogen-bond acceptors (Lipinski definition) is 8. The first-order valence-electron chi connectivity index (χ1n) is 9.14. The van der Waals surface area contributed by atoms with Crippen LogP contribution in [0.2, 0.25) is 0 Å². The molecular weight excluding hydrogens is 385 g/mol. The minimum absolute atomic E-state index is 0.0245. The summed E-state index contributed by atoms with van der Waals surface area (Å²) in [5.74, 6) is -1.94. The Hall–Kier alpha value is -1.73. The molecule has 8 nitrogen and oxygen atoms in total. The van der Waals surface area contributed by atoms with Gasteiger partial charge < -0.3 is 24.3 Å². The number of carbonyl (C=O) groups is 2. The van der Waals surface area contributed by atoms with E-state index in [1.807, 2.05) is 0 Å². The van der Waals surface area contributed by atoms with E-state index in [1.54, 1.807) is 41.5 Å². The van der Waals surface area contributed by atoms with Gasteiger partial charge in [0.1, 0.15) is 5.60 Å². The van der Waals surface area contributed by atoms with Crippen molar-refractivity contribution in [2.45, 2.75) is 52.7 Å². The van der Waals surface area contributed by atoms with E-state index in [0.717, 1.165) is 0 Å². The average Bonchev–Trinajstić information content (AvgIpc) is 2.60. The van der Waals surface area contributed by atoms with Crippen LogP contribution in [0.3, 0.4) is 0 Å². The zero-order chi connectivity index (χ0) is 21.6. The van der Waals surface area contributed by atoms with E-state index in [-0.39, 0.29) is 30.7 Å². The monoisotopic (exact) mass is 415 g/mol. The van der Waals surface area contributed by atoms with Gasteiger partial charge in [0.05, 0.1) is 25.1 Å². The molecule has 0 spiro atoms. The van der Waals surface area contributed by atoms with Gasteiger partial charge in [0, 0.05) is 0 Å². The van der Waals surface area contributed by atoms with Gasteiger partial charge >= 0.3 is 19.5 Å². The minimum atomic E-state index is -3.64. The van der Waals surface area contributed by atoms with Gasteiger partial charge in [-0.25, -0.2) is 9.59 Å². The fourth-order valence-electron chi connectivity index (χ4n) is 2.37. The van der Waals surface area contributed by atoms with Crippen LogP contribution in [0.4, 0.5) is 0 Å². The van der Waals surface area contributed by atoms with E-state index in [0.29, 0.717) is 0 Å². The number of esters is 2. The van der Waals surface area contributed by atoms with Gasteiger partial charge in [-0.2, -0.15) is 0 Å². The second-order valence-corrected chi connectivity index (χ2v) is 8.94. The number of benzene rings is 1. The predicted octanol–water partition coefficient (Wildman–Crippen LogP) is 2.64. The molecule has 0 saturated carbocycles. The van der Waals surface area contributed by atoms with Crippen molar-refractivity contribution in [1.82, 2.24) is 0 Å². The van der Waals surface area contributed by atoms with Crippen LogP contribution in [0, 0.1) is 0 Å². The summed E-state index contributed by atoms with van der Waals surface area (Å²) in [5.41, 5.74) is 3.20. The SMILES string of the molecule is CCOC(=O)C(N)(C(=O)OC(C)(C)C)c1cccc(P(=O)(OCC)OCC)c1. The highest BCUT2D eigenvalue weighted by molar-refractivity contribution is 7.62. The lowest BCUT2D eigenvalue weighted by Crippen LogP contribution is -2.55. The van der Waals surface area contributed by atoms with Crippen molar-refractivity contribution in [2.75, 3.05) is 19.8 Å². The lowest BCUT2D eigenvalue weighted by molar-refractivity contribution is -0.172. The van der Waals surface area contributed by atoms with E-state index < -0.39 is 30.7 Å². The van der Waals surface area contributed by atoms with E-state index >= 15 is 0 Å². The molecule has 1 aromatic rings. The van der Waals surface area contributed by atoms with Crippen molar-refractivity contribution < 1.29 is 32.7 Å². The van der Waals surface area contributed by atoms with Crippen LogP contribution < -0.4 is 11.0 Å². The number of ether oxygens (including phenoxy) is 2. The Morgan fingerprint density at radius 2 is 1.57 bits per heavy atom. The van der Waals surface area contributed by atoms with Crippen molar-refractivity contribution in [3.05, 3.63) is 29.8 Å². The molecule has 1 aromatic carbocycles. The largest absolute Gasteiger partial charge is 0.464 e. The van der Waals surface area contributed by atoms with Crippen LogP contribution in [-0.4, -0.2) is 37.4 Å². The lowest BCUT2D eigenvalue weighted by atomic mass is 9.90. The molecule has 0 aliphatic carbocycles. The predicted molar refractivity (Wildman–Crippen MR) is 105 cm³/mol. The molecule has 0 radical (unpaired) electrons. The number of carbonyl (C=O) groups excluding carboxylic acids is 2. The van der Waals surface area contributed by atoms with E-state index in [1.165, 1.54) is 24.3 Å². The first-order chi connectivity index (χ1) is 12.9. The van der Waals surface area contributed by atoms with E-state index in [2.05, 4.69) is 0 Å². The molecule has 9 heteroatoms. The molecule has 2 N–H and O–H groups in total. The molecule has 0 amide bonds. The van der Waals surface area contributed by atoms with Gasteiger partial charge in [-0.05, 0) is 59.2 Å². The summed E-state index contributed by atoms with van der Waals surface area (Å²) < 4.78 is 34.1. The molecule has 0 aliphatic rings. The van der Waals surface area contributed by atoms with Gasteiger partial charge in [-0.15, -0.1) is 0 Å². The topological polar surface area (TPSA) is 114 Å². The fourth-order valence-corrected chi connectivity index (χ4v) is 3.99. The van der Waals surface area contributed by atoms with Gasteiger partial charge in [-0.1, -0.05) is 12.1 Å². The third kappa shape index (κ3) is 5.64. The van der Waals surface area contributed by atoms with Crippen LogP contribution in [0.5, 0.6) is 0 Å². The van der Waals surface area contributed by atoms with Gasteiger partial charge in [0.15, 0.2) is 0 Å². The quantitative estimate of drug-likeness (QED) is 0.372. The summed E-state index contributed by atoms with van der Waals surface area (Å²) in [6, 6.07) is 5.86. The second-order valence-electron chi connectivity index (χ2n) is 6.91. The number of rotatable bonds is 9. The maximum atomic E-state index is 13.1. The third-order valence-electron chi connectivity index (χ3n) is 3.53. The first kappa shape index (κ1) is 24.3. The van der Waals surface area contributed by atoms with Crippen molar-refractivity contribution in [3.63, 3.8) is 0 Å². The van der Waals surface area contributed by atoms with Crippen molar-refractivity contribution in [2.24, 2.45) is 5.73 Å². The van der Waals surface area contributed by atoms with Gasteiger partial charge in [0.2, 0.25) is 5.54 Å². The smallest absolute Gasteiger partial charge is 0.361 e. The fraction of sp³-hybridized carbons (Fsp3) is 0.579. The molecule has 0 aliphatic heterocycles. The van der Waals surface area contributed by atoms with Gasteiger partial charge in [0.25, 0.3) is 0 Å². The van der Waals surface area contributed by atoms with Crippen LogP contribution in [-0.2, 0) is 38.2 Å². The number of hydrogen-bond donors (Lipinski definition) is 1. The highest BCUT2D eigenvalue weighted by atomic mass is 31.2. The van der Waals surface area contributed by atoms with Crippen molar-refractivity contribution >= 4 is 24.8 Å². The summed E-state index contributed by atoms with van der Waals surface area (Å²) in [6.07, 6.45) is 0. The van der Waals surface area contributed by atoms with Crippen molar-refractivity contribution in [1.29, 1.82) is 0 Å². The second kappa shape index (κ2) is 9.65. The highest BCUT2D eigenvalue weighted by Crippen LogP contribution is 2.47. The average molecular weight is 415 g/mol. The minimum Gasteiger partial charge on any atom is -0.464 e. The zero-order valence-electron chi connectivity index (χ0n) is 17.3. The summed E-state index contributed by atoms with van der Waals surface area (Å²) in [7, 11) is -3.64. The Morgan fingerprint density at radius 3 is 2.04 bits per heavy atom. The maximum absolute atomic E-state index is 13.1. The van der Waals surface area contributed by atoms with Gasteiger partial charge in [-0.3, -0.25) is 4.57 Å². The first-order valence-corrected chi connectivity index (χ1v) is 10.7. The molecule has 28 heavy (non-hydrogen) atoms. The molecule has 0 saturated heterocycles. The maximum Gasteiger partial charge on any atom is 0.361 e. The summed E-state index contributed by atoms with van der Waals surface area (Å²) in [4.78, 5) is 25.5. The molecule has 0 heterocycles. The lowest BCUT2D eigenvalue weighted by Gasteiger charge is -2.30. The molecule has 158 valence electrons. The summed E-state index contributed by atoms with van der Waals surface area (Å²) in [6.45, 7) is 10.3. The van der Waals surface area contributed by atoms with E-state index in [9.17, 15) is 14.2 Å². The standard InChI is InChI=1S/C19H30NO7P/c1-7-24-16(21)19(20,17(22)27-18(4,5)6)14-11-10-12-15(13-14)28(23,25-8-2)26-9-3/h10-13H,7-9,20H2,1-6H3.